The fraction of sp³-hybridized carbons (Fsp3) is 0.215. The zero-order valence-corrected chi connectivity index (χ0v) is 49.6. The van der Waals surface area contributed by atoms with Crippen LogP contribution in [0.25, 0.3) is 65.7 Å². The second kappa shape index (κ2) is 18.2. The largest absolute Gasteiger partial charge is 0.456 e. The molecule has 0 radical (unpaired) electrons. The van der Waals surface area contributed by atoms with Crippen LogP contribution in [0.15, 0.2) is 223 Å². The number of furan rings is 1. The van der Waals surface area contributed by atoms with Gasteiger partial charge in [0.25, 0.3) is 0 Å². The SMILES string of the molecule is CC(C)(C)c1ccc(N(c2ccc(C(C)(C)C)cc2)c2ccc3cc4c(cc3c2)C2(c3ccccc3-c3ccccc32)c2cc(N(c3ccc(C(C)(C)C)cc3)c3ccc(C(C)(C)C)cc3)c3c(ccc5oc6ccccc6c53)c2-4)cc1. The summed E-state index contributed by atoms with van der Waals surface area (Å²) in [5.41, 5.74) is 23.3. The summed E-state index contributed by atoms with van der Waals surface area (Å²) in [4.78, 5) is 4.97. The van der Waals surface area contributed by atoms with E-state index in [-0.39, 0.29) is 21.7 Å². The van der Waals surface area contributed by atoms with Gasteiger partial charge in [-0.25, -0.2) is 0 Å². The van der Waals surface area contributed by atoms with E-state index in [1.54, 1.807) is 0 Å². The molecule has 82 heavy (non-hydrogen) atoms. The maximum atomic E-state index is 6.86. The topological polar surface area (TPSA) is 19.6 Å². The molecule has 0 atom stereocenters. The van der Waals surface area contributed by atoms with Crippen LogP contribution in [-0.2, 0) is 27.1 Å². The molecule has 14 rings (SSSR count). The first kappa shape index (κ1) is 51.5. The van der Waals surface area contributed by atoms with E-state index in [0.29, 0.717) is 0 Å². The molecule has 2 aliphatic carbocycles. The lowest BCUT2D eigenvalue weighted by Crippen LogP contribution is -2.26. The molecule has 0 unspecified atom stereocenters. The number of rotatable bonds is 6. The molecule has 11 aromatic carbocycles. The van der Waals surface area contributed by atoms with Crippen molar-refractivity contribution in [2.24, 2.45) is 0 Å². The van der Waals surface area contributed by atoms with Crippen molar-refractivity contribution in [1.82, 2.24) is 0 Å². The van der Waals surface area contributed by atoms with Crippen LogP contribution in [0.1, 0.15) is 128 Å². The zero-order chi connectivity index (χ0) is 56.8. The lowest BCUT2D eigenvalue weighted by atomic mass is 9.70. The van der Waals surface area contributed by atoms with E-state index in [2.05, 4.69) is 311 Å². The highest BCUT2D eigenvalue weighted by Gasteiger charge is 2.53. The maximum absolute atomic E-state index is 6.86. The summed E-state index contributed by atoms with van der Waals surface area (Å²) in [6, 6.07) is 83.4. The van der Waals surface area contributed by atoms with E-state index in [9.17, 15) is 0 Å². The van der Waals surface area contributed by atoms with Gasteiger partial charge in [0.05, 0.1) is 11.1 Å². The minimum Gasteiger partial charge on any atom is -0.456 e. The predicted molar refractivity (Wildman–Crippen MR) is 349 cm³/mol. The number of hydrogen-bond acceptors (Lipinski definition) is 3. The van der Waals surface area contributed by atoms with Crippen molar-refractivity contribution in [3.63, 3.8) is 0 Å². The van der Waals surface area contributed by atoms with Crippen molar-refractivity contribution in [1.29, 1.82) is 0 Å². The van der Waals surface area contributed by atoms with Gasteiger partial charge in [-0.05, 0) is 202 Å². The van der Waals surface area contributed by atoms with Gasteiger partial charge in [-0.15, -0.1) is 0 Å². The summed E-state index contributed by atoms with van der Waals surface area (Å²) in [6.07, 6.45) is 0. The van der Waals surface area contributed by atoms with Gasteiger partial charge in [-0.1, -0.05) is 204 Å². The van der Waals surface area contributed by atoms with Crippen LogP contribution in [-0.4, -0.2) is 0 Å². The first-order chi connectivity index (χ1) is 39.2. The van der Waals surface area contributed by atoms with Crippen LogP contribution in [0.3, 0.4) is 0 Å². The minimum absolute atomic E-state index is 0.0146. The Morgan fingerprint density at radius 3 is 1.26 bits per heavy atom. The number of fused-ring (bicyclic) bond motifs is 17. The van der Waals surface area contributed by atoms with Crippen molar-refractivity contribution in [2.75, 3.05) is 9.80 Å². The number of nitrogens with zero attached hydrogens (tertiary/aromatic N) is 2. The molecule has 0 amide bonds. The first-order valence-electron chi connectivity index (χ1n) is 29.4. The highest BCUT2D eigenvalue weighted by atomic mass is 16.3. The Hall–Kier alpha value is -8.66. The number of hydrogen-bond donors (Lipinski definition) is 0. The van der Waals surface area contributed by atoms with Crippen molar-refractivity contribution in [3.8, 4) is 22.3 Å². The summed E-state index contributed by atoms with van der Waals surface area (Å²) in [5, 5.41) is 7.00. The van der Waals surface area contributed by atoms with Gasteiger partial charge in [-0.3, -0.25) is 0 Å². The second-order valence-corrected chi connectivity index (χ2v) is 27.4. The average molecular weight is 1070 g/mol. The van der Waals surface area contributed by atoms with Crippen molar-refractivity contribution < 1.29 is 4.42 Å². The van der Waals surface area contributed by atoms with Gasteiger partial charge < -0.3 is 14.2 Å². The molecule has 12 aromatic rings. The molecule has 1 aromatic heterocycles. The summed E-state index contributed by atoms with van der Waals surface area (Å²) < 4.78 is 6.86. The fourth-order valence-corrected chi connectivity index (χ4v) is 13.7. The van der Waals surface area contributed by atoms with E-state index in [0.717, 1.165) is 56.1 Å². The first-order valence-corrected chi connectivity index (χ1v) is 29.4. The Morgan fingerprint density at radius 2 is 0.756 bits per heavy atom. The molecule has 1 heterocycles. The molecule has 0 N–H and O–H groups in total. The third kappa shape index (κ3) is 7.98. The number of para-hydroxylation sites is 1. The quantitative estimate of drug-likeness (QED) is 0.165. The molecular weight excluding hydrogens is 993 g/mol. The van der Waals surface area contributed by atoms with Crippen molar-refractivity contribution in [3.05, 3.63) is 263 Å². The number of benzene rings is 11. The van der Waals surface area contributed by atoms with Crippen molar-refractivity contribution >= 4 is 77.6 Å². The molecule has 3 heteroatoms. The van der Waals surface area contributed by atoms with Crippen LogP contribution >= 0.6 is 0 Å². The lowest BCUT2D eigenvalue weighted by molar-refractivity contribution is 0.590. The summed E-state index contributed by atoms with van der Waals surface area (Å²) in [7, 11) is 0. The molecule has 0 aliphatic heterocycles. The molecule has 0 saturated carbocycles. The summed E-state index contributed by atoms with van der Waals surface area (Å²) in [5.74, 6) is 0. The highest BCUT2D eigenvalue weighted by molar-refractivity contribution is 6.27. The Labute approximate surface area is 484 Å². The summed E-state index contributed by atoms with van der Waals surface area (Å²) in [6.45, 7) is 27.5. The van der Waals surface area contributed by atoms with Gasteiger partial charge >= 0.3 is 0 Å². The van der Waals surface area contributed by atoms with Crippen LogP contribution in [0.2, 0.25) is 0 Å². The van der Waals surface area contributed by atoms with E-state index < -0.39 is 5.41 Å². The fourth-order valence-electron chi connectivity index (χ4n) is 13.7. The van der Waals surface area contributed by atoms with Crippen molar-refractivity contribution in [2.45, 2.75) is 110 Å². The standard InChI is InChI=1S/C79H72N2O/c1-75(2,3)51-26-35-55(36-27-51)80(56-37-28-52(29-38-56)76(4,5)6)59-34-25-49-46-64-67(47-50(49)45-59)79(65-22-16-13-19-60(65)61-20-14-17-23-66(61)79)68-48-69(73-63(72(64)68)43-44-71-74(73)62-21-15-18-24-70(62)82-71)81(57-39-30-53(31-40-57)77(7,8)9)58-41-32-54(33-42-58)78(10,11)12/h13-48H,1-12H3. The molecule has 3 nitrogen and oxygen atoms in total. The van der Waals surface area contributed by atoms with Crippen LogP contribution in [0.4, 0.5) is 34.1 Å². The van der Waals surface area contributed by atoms with E-state index in [4.69, 9.17) is 4.42 Å². The Bertz CT molecular complexity index is 4350. The van der Waals surface area contributed by atoms with Crippen LogP contribution in [0, 0.1) is 0 Å². The smallest absolute Gasteiger partial charge is 0.136 e. The molecule has 1 spiro atoms. The molecule has 404 valence electrons. The van der Waals surface area contributed by atoms with E-state index in [1.807, 2.05) is 0 Å². The van der Waals surface area contributed by atoms with E-state index >= 15 is 0 Å². The predicted octanol–water partition coefficient (Wildman–Crippen LogP) is 22.4. The average Bonchev–Trinajstić information content (AvgIpc) is 2.28. The molecule has 0 bridgehead atoms. The lowest BCUT2D eigenvalue weighted by Gasteiger charge is -2.33. The van der Waals surface area contributed by atoms with Gasteiger partial charge in [-0.2, -0.15) is 0 Å². The normalized spacial score (nSPS) is 13.7. The Morgan fingerprint density at radius 1 is 0.305 bits per heavy atom. The third-order valence-electron chi connectivity index (χ3n) is 18.1. The van der Waals surface area contributed by atoms with Gasteiger partial charge in [0.15, 0.2) is 0 Å². The number of anilines is 6. The summed E-state index contributed by atoms with van der Waals surface area (Å²) >= 11 is 0. The minimum atomic E-state index is -0.665. The molecule has 2 aliphatic rings. The Balaban J connectivity index is 1.09. The Kier molecular flexibility index (Phi) is 11.4. The van der Waals surface area contributed by atoms with E-state index in [1.165, 1.54) is 88.3 Å². The molecule has 0 saturated heterocycles. The van der Waals surface area contributed by atoms with Gasteiger partial charge in [0.2, 0.25) is 0 Å². The van der Waals surface area contributed by atoms with Crippen LogP contribution < -0.4 is 9.80 Å². The maximum Gasteiger partial charge on any atom is 0.136 e. The van der Waals surface area contributed by atoms with Gasteiger partial charge in [0, 0.05) is 44.6 Å². The second-order valence-electron chi connectivity index (χ2n) is 27.4. The van der Waals surface area contributed by atoms with Gasteiger partial charge in [0.1, 0.15) is 11.2 Å². The monoisotopic (exact) mass is 1060 g/mol. The zero-order valence-electron chi connectivity index (χ0n) is 49.6. The third-order valence-corrected chi connectivity index (χ3v) is 18.1. The highest BCUT2D eigenvalue weighted by Crippen LogP contribution is 2.66. The molecule has 0 fully saturated rings. The van der Waals surface area contributed by atoms with Crippen LogP contribution in [0.5, 0.6) is 0 Å². The molecular formula is C79H72N2O.